The Morgan fingerprint density at radius 1 is 1.00 bits per heavy atom. The summed E-state index contributed by atoms with van der Waals surface area (Å²) in [6, 6.07) is 5.89. The Bertz CT molecular complexity index is 369. The number of rotatable bonds is 8. The minimum Gasteiger partial charge on any atom is -0.397 e. The molecule has 1 rings (SSSR count). The highest BCUT2D eigenvalue weighted by molar-refractivity contribution is 5.67. The van der Waals surface area contributed by atoms with Crippen molar-refractivity contribution in [2.24, 2.45) is 0 Å². The monoisotopic (exact) mass is 246 g/mol. The Morgan fingerprint density at radius 3 is 2.44 bits per heavy atom. The van der Waals surface area contributed by atoms with E-state index in [1.165, 1.54) is 31.2 Å². The van der Waals surface area contributed by atoms with E-state index in [2.05, 4.69) is 25.1 Å². The van der Waals surface area contributed by atoms with Crippen molar-refractivity contribution in [1.29, 1.82) is 0 Å². The number of nitrogen functional groups attached to an aromatic ring is 2. The highest BCUT2D eigenvalue weighted by Crippen LogP contribution is 2.21. The molecule has 100 valence electrons. The van der Waals surface area contributed by atoms with E-state index in [-0.39, 0.29) is 0 Å². The van der Waals surface area contributed by atoms with Crippen molar-refractivity contribution in [3.05, 3.63) is 35.9 Å². The van der Waals surface area contributed by atoms with Gasteiger partial charge in [-0.05, 0) is 43.7 Å². The molecule has 0 aromatic heterocycles. The third-order valence-electron chi connectivity index (χ3n) is 3.19. The van der Waals surface area contributed by atoms with E-state index in [9.17, 15) is 0 Å². The zero-order chi connectivity index (χ0) is 13.2. The van der Waals surface area contributed by atoms with Gasteiger partial charge in [0, 0.05) is 0 Å². The lowest BCUT2D eigenvalue weighted by Crippen LogP contribution is -1.99. The largest absolute Gasteiger partial charge is 0.397 e. The van der Waals surface area contributed by atoms with Crippen molar-refractivity contribution >= 4 is 11.4 Å². The highest BCUT2D eigenvalue weighted by Gasteiger charge is 2.00. The van der Waals surface area contributed by atoms with Crippen LogP contribution >= 0.6 is 0 Å². The average Bonchev–Trinajstić information content (AvgIpc) is 2.37. The van der Waals surface area contributed by atoms with Gasteiger partial charge >= 0.3 is 0 Å². The molecule has 0 fully saturated rings. The second-order valence-electron chi connectivity index (χ2n) is 4.78. The Morgan fingerprint density at radius 2 is 1.72 bits per heavy atom. The van der Waals surface area contributed by atoms with Crippen molar-refractivity contribution in [3.63, 3.8) is 0 Å². The molecule has 1 aromatic rings. The smallest absolute Gasteiger partial charge is 0.0580 e. The molecule has 0 aliphatic carbocycles. The van der Waals surface area contributed by atoms with Crippen LogP contribution in [0.2, 0.25) is 0 Å². The zero-order valence-corrected chi connectivity index (χ0v) is 11.5. The molecule has 0 amide bonds. The van der Waals surface area contributed by atoms with Crippen molar-refractivity contribution < 1.29 is 0 Å². The first-order valence-electron chi connectivity index (χ1n) is 7.03. The first kappa shape index (κ1) is 14.6. The topological polar surface area (TPSA) is 52.0 Å². The summed E-state index contributed by atoms with van der Waals surface area (Å²) in [5, 5.41) is 0. The second kappa shape index (κ2) is 8.62. The zero-order valence-electron chi connectivity index (χ0n) is 11.5. The summed E-state index contributed by atoms with van der Waals surface area (Å²) < 4.78 is 0. The van der Waals surface area contributed by atoms with Crippen molar-refractivity contribution in [3.8, 4) is 0 Å². The van der Waals surface area contributed by atoms with E-state index in [1.807, 2.05) is 12.1 Å². The number of hydrogen-bond donors (Lipinski definition) is 2. The molecule has 0 saturated heterocycles. The van der Waals surface area contributed by atoms with Crippen LogP contribution in [0.1, 0.15) is 51.0 Å². The van der Waals surface area contributed by atoms with Gasteiger partial charge in [-0.25, -0.2) is 0 Å². The molecule has 0 spiro atoms. The lowest BCUT2D eigenvalue weighted by molar-refractivity contribution is 0.726. The van der Waals surface area contributed by atoms with Crippen LogP contribution in [0.25, 0.3) is 0 Å². The summed E-state index contributed by atoms with van der Waals surface area (Å²) in [7, 11) is 0. The third-order valence-corrected chi connectivity index (χ3v) is 3.19. The van der Waals surface area contributed by atoms with Gasteiger partial charge < -0.3 is 11.5 Å². The van der Waals surface area contributed by atoms with Crippen LogP contribution in [-0.4, -0.2) is 0 Å². The maximum atomic E-state index is 5.94. The number of benzene rings is 1. The fourth-order valence-electron chi connectivity index (χ4n) is 2.01. The van der Waals surface area contributed by atoms with E-state index >= 15 is 0 Å². The molecule has 0 radical (unpaired) electrons. The molecule has 0 aliphatic rings. The highest BCUT2D eigenvalue weighted by atomic mass is 14.7. The molecule has 0 heterocycles. The van der Waals surface area contributed by atoms with Gasteiger partial charge in [-0.1, -0.05) is 44.1 Å². The van der Waals surface area contributed by atoms with Gasteiger partial charge in [-0.15, -0.1) is 0 Å². The molecule has 0 unspecified atom stereocenters. The van der Waals surface area contributed by atoms with Gasteiger partial charge in [0.15, 0.2) is 0 Å². The molecule has 0 atom stereocenters. The fraction of sp³-hybridized carbons (Fsp3) is 0.500. The van der Waals surface area contributed by atoms with Gasteiger partial charge in [0.1, 0.15) is 0 Å². The van der Waals surface area contributed by atoms with Crippen molar-refractivity contribution in [2.75, 3.05) is 11.5 Å². The summed E-state index contributed by atoms with van der Waals surface area (Å²) in [4.78, 5) is 0. The Hall–Kier alpha value is -1.44. The van der Waals surface area contributed by atoms with Crippen molar-refractivity contribution in [2.45, 2.75) is 51.9 Å². The van der Waals surface area contributed by atoms with Crippen LogP contribution in [0.3, 0.4) is 0 Å². The fourth-order valence-corrected chi connectivity index (χ4v) is 2.01. The molecule has 1 aromatic carbocycles. The third kappa shape index (κ3) is 5.26. The number of nitrogens with two attached hydrogens (primary N) is 2. The van der Waals surface area contributed by atoms with Gasteiger partial charge in [0.25, 0.3) is 0 Å². The lowest BCUT2D eigenvalue weighted by Gasteiger charge is -2.06. The Balaban J connectivity index is 2.19. The number of anilines is 2. The molecule has 2 heteroatoms. The normalized spacial score (nSPS) is 11.2. The van der Waals surface area contributed by atoms with E-state index in [4.69, 9.17) is 11.5 Å². The van der Waals surface area contributed by atoms with Crippen LogP contribution in [-0.2, 0) is 6.42 Å². The summed E-state index contributed by atoms with van der Waals surface area (Å²) in [6.07, 6.45) is 13.0. The lowest BCUT2D eigenvalue weighted by atomic mass is 10.0. The van der Waals surface area contributed by atoms with Gasteiger partial charge in [-0.3, -0.25) is 0 Å². The minimum atomic E-state index is 0.697. The second-order valence-corrected chi connectivity index (χ2v) is 4.78. The predicted molar refractivity (Wildman–Crippen MR) is 81.5 cm³/mol. The van der Waals surface area contributed by atoms with E-state index < -0.39 is 0 Å². The maximum Gasteiger partial charge on any atom is 0.0580 e. The first-order chi connectivity index (χ1) is 8.75. The number of para-hydroxylation sites is 1. The molecule has 0 bridgehead atoms. The van der Waals surface area contributed by atoms with E-state index in [1.54, 1.807) is 0 Å². The number of unbranched alkanes of at least 4 members (excludes halogenated alkanes) is 4. The van der Waals surface area contributed by atoms with E-state index in [0.29, 0.717) is 5.69 Å². The predicted octanol–water partition coefficient (Wildman–Crippen LogP) is 4.31. The molecule has 18 heavy (non-hydrogen) atoms. The molecule has 4 N–H and O–H groups in total. The minimum absolute atomic E-state index is 0.697. The number of aryl methyl sites for hydroxylation is 1. The van der Waals surface area contributed by atoms with Crippen LogP contribution in [0.4, 0.5) is 11.4 Å². The van der Waals surface area contributed by atoms with Crippen LogP contribution < -0.4 is 11.5 Å². The van der Waals surface area contributed by atoms with Gasteiger partial charge in [0.2, 0.25) is 0 Å². The number of allylic oxidation sites excluding steroid dienone is 2. The molecule has 0 aliphatic heterocycles. The quantitative estimate of drug-likeness (QED) is 0.408. The summed E-state index contributed by atoms with van der Waals surface area (Å²) in [5.41, 5.74) is 14.3. The van der Waals surface area contributed by atoms with Crippen LogP contribution in [0.5, 0.6) is 0 Å². The van der Waals surface area contributed by atoms with Crippen LogP contribution in [0.15, 0.2) is 30.4 Å². The summed E-state index contributed by atoms with van der Waals surface area (Å²) >= 11 is 0. The maximum absolute atomic E-state index is 5.94. The van der Waals surface area contributed by atoms with Crippen LogP contribution in [0, 0.1) is 0 Å². The summed E-state index contributed by atoms with van der Waals surface area (Å²) in [5.74, 6) is 0. The molecular weight excluding hydrogens is 220 g/mol. The Kier molecular flexibility index (Phi) is 7.00. The van der Waals surface area contributed by atoms with Gasteiger partial charge in [-0.2, -0.15) is 0 Å². The van der Waals surface area contributed by atoms with E-state index in [0.717, 1.165) is 24.9 Å². The number of hydrogen-bond acceptors (Lipinski definition) is 2. The van der Waals surface area contributed by atoms with Crippen molar-refractivity contribution in [1.82, 2.24) is 0 Å². The SMILES string of the molecule is CCCCCC=CCCCc1cccc(N)c1N. The summed E-state index contributed by atoms with van der Waals surface area (Å²) in [6.45, 7) is 2.24. The standard InChI is InChI=1S/C16H26N2/c1-2-3-4-5-6-7-8-9-11-14-12-10-13-15(17)16(14)18/h6-7,10,12-13H,2-5,8-9,11,17-18H2,1H3. The molecule has 2 nitrogen and oxygen atoms in total. The van der Waals surface area contributed by atoms with Gasteiger partial charge in [0.05, 0.1) is 11.4 Å². The Labute approximate surface area is 111 Å². The molecular formula is C16H26N2. The average molecular weight is 246 g/mol. The molecule has 0 saturated carbocycles. The first-order valence-corrected chi connectivity index (χ1v) is 7.03.